The average Bonchev–Trinajstić information content (AvgIpc) is 2.12. The molecule has 0 nitrogen and oxygen atoms in total. The molecule has 0 fully saturated rings. The first kappa shape index (κ1) is 13.7. The maximum absolute atomic E-state index is 2.40. The molecule has 0 heterocycles. The van der Waals surface area contributed by atoms with Gasteiger partial charge in [0.05, 0.1) is 0 Å². The summed E-state index contributed by atoms with van der Waals surface area (Å²) >= 11 is 0. The Morgan fingerprint density at radius 1 is 1.00 bits per heavy atom. The molecular weight excluding hydrogens is 168 g/mol. The van der Waals surface area contributed by atoms with E-state index in [1.807, 2.05) is 0 Å². The molecule has 1 unspecified atom stereocenters. The summed E-state index contributed by atoms with van der Waals surface area (Å²) in [7, 11) is 0. The van der Waals surface area contributed by atoms with Gasteiger partial charge in [-0.2, -0.15) is 0 Å². The molecule has 0 amide bonds. The summed E-state index contributed by atoms with van der Waals surface area (Å²) in [5, 5.41) is 0. The second-order valence-corrected chi connectivity index (χ2v) is 4.87. The van der Waals surface area contributed by atoms with Gasteiger partial charge in [0, 0.05) is 0 Å². The topological polar surface area (TPSA) is 0 Å². The van der Waals surface area contributed by atoms with E-state index in [4.69, 9.17) is 0 Å². The zero-order chi connectivity index (χ0) is 10.8. The first-order chi connectivity index (χ1) is 6.66. The predicted octanol–water partition coefficient (Wildman–Crippen LogP) is 5.20. The number of hydrogen-bond acceptors (Lipinski definition) is 0. The highest BCUT2D eigenvalue weighted by Crippen LogP contribution is 2.13. The highest BCUT2D eigenvalue weighted by molar-refractivity contribution is 4.86. The van der Waals surface area contributed by atoms with E-state index in [1.165, 1.54) is 38.5 Å². The van der Waals surface area contributed by atoms with E-state index in [2.05, 4.69) is 39.8 Å². The van der Waals surface area contributed by atoms with Crippen LogP contribution in [0.3, 0.4) is 0 Å². The lowest BCUT2D eigenvalue weighted by Gasteiger charge is -2.07. The highest BCUT2D eigenvalue weighted by atomic mass is 14.0. The molecule has 0 rings (SSSR count). The van der Waals surface area contributed by atoms with Gasteiger partial charge in [0.2, 0.25) is 0 Å². The Morgan fingerprint density at radius 2 is 1.71 bits per heavy atom. The molecule has 0 aliphatic carbocycles. The molecule has 84 valence electrons. The molecule has 0 aliphatic rings. The summed E-state index contributed by atoms with van der Waals surface area (Å²) < 4.78 is 0. The molecule has 0 aromatic heterocycles. The lowest BCUT2D eigenvalue weighted by molar-refractivity contribution is 0.501. The molecule has 0 saturated heterocycles. The van der Waals surface area contributed by atoms with Crippen LogP contribution in [-0.2, 0) is 0 Å². The van der Waals surface area contributed by atoms with Gasteiger partial charge in [0.1, 0.15) is 0 Å². The highest BCUT2D eigenvalue weighted by Gasteiger charge is 1.98. The number of hydrogen-bond donors (Lipinski definition) is 0. The van der Waals surface area contributed by atoms with E-state index in [-0.39, 0.29) is 0 Å². The molecule has 0 aliphatic heterocycles. The molecule has 0 bridgehead atoms. The Balaban J connectivity index is 3.35. The summed E-state index contributed by atoms with van der Waals surface area (Å²) in [5.41, 5.74) is 0. The van der Waals surface area contributed by atoms with Crippen molar-refractivity contribution in [3.63, 3.8) is 0 Å². The number of unbranched alkanes of at least 4 members (excludes halogenated alkanes) is 2. The molecule has 0 saturated carbocycles. The van der Waals surface area contributed by atoms with Crippen molar-refractivity contribution in [2.24, 2.45) is 11.8 Å². The molecule has 0 heteroatoms. The lowest BCUT2D eigenvalue weighted by Crippen LogP contribution is -1.93. The van der Waals surface area contributed by atoms with Crippen molar-refractivity contribution in [2.75, 3.05) is 0 Å². The van der Waals surface area contributed by atoms with Gasteiger partial charge in [0.25, 0.3) is 0 Å². The largest absolute Gasteiger partial charge is 0.0883 e. The molecule has 0 radical (unpaired) electrons. The summed E-state index contributed by atoms with van der Waals surface area (Å²) in [5.74, 6) is 1.65. The van der Waals surface area contributed by atoms with Crippen LogP contribution in [0.5, 0.6) is 0 Å². The van der Waals surface area contributed by atoms with E-state index in [9.17, 15) is 0 Å². The molecule has 1 atom stereocenters. The van der Waals surface area contributed by atoms with Crippen molar-refractivity contribution in [1.29, 1.82) is 0 Å². The van der Waals surface area contributed by atoms with Crippen molar-refractivity contribution in [3.8, 4) is 0 Å². The molecule has 14 heavy (non-hydrogen) atoms. The molecule has 0 N–H and O–H groups in total. The summed E-state index contributed by atoms with van der Waals surface area (Å²) in [6, 6.07) is 0. The molecular formula is C14H28. The minimum Gasteiger partial charge on any atom is -0.0883 e. The lowest BCUT2D eigenvalue weighted by atomic mass is 9.99. The monoisotopic (exact) mass is 196 g/mol. The first-order valence-corrected chi connectivity index (χ1v) is 6.33. The first-order valence-electron chi connectivity index (χ1n) is 6.33. The van der Waals surface area contributed by atoms with Crippen molar-refractivity contribution < 1.29 is 0 Å². The SMILES string of the molecule is CCCC/C=C\C(C)CCCC(C)C. The summed E-state index contributed by atoms with van der Waals surface area (Å²) in [6.45, 7) is 9.20. The van der Waals surface area contributed by atoms with Crippen LogP contribution in [0.2, 0.25) is 0 Å². The number of rotatable bonds is 8. The normalized spacial score (nSPS) is 14.1. The van der Waals surface area contributed by atoms with Crippen molar-refractivity contribution >= 4 is 0 Å². The zero-order valence-corrected chi connectivity index (χ0v) is 10.6. The smallest absolute Gasteiger partial charge is 0.0262 e. The van der Waals surface area contributed by atoms with Crippen molar-refractivity contribution in [1.82, 2.24) is 0 Å². The van der Waals surface area contributed by atoms with Crippen molar-refractivity contribution in [2.45, 2.75) is 66.2 Å². The van der Waals surface area contributed by atoms with Crippen LogP contribution in [0.4, 0.5) is 0 Å². The fourth-order valence-electron chi connectivity index (χ4n) is 1.59. The Labute approximate surface area is 90.8 Å². The maximum atomic E-state index is 2.40. The van der Waals surface area contributed by atoms with Crippen LogP contribution in [0.25, 0.3) is 0 Å². The molecule has 0 spiro atoms. The third kappa shape index (κ3) is 9.83. The van der Waals surface area contributed by atoms with Gasteiger partial charge in [-0.3, -0.25) is 0 Å². The van der Waals surface area contributed by atoms with E-state index in [0.717, 1.165) is 11.8 Å². The van der Waals surface area contributed by atoms with Crippen LogP contribution in [0.15, 0.2) is 12.2 Å². The maximum Gasteiger partial charge on any atom is -0.0262 e. The van der Waals surface area contributed by atoms with Crippen LogP contribution < -0.4 is 0 Å². The average molecular weight is 196 g/mol. The Bertz CT molecular complexity index is 133. The third-order valence-electron chi connectivity index (χ3n) is 2.63. The summed E-state index contributed by atoms with van der Waals surface area (Å²) in [6.07, 6.45) is 12.8. The fraction of sp³-hybridized carbons (Fsp3) is 0.857. The van der Waals surface area contributed by atoms with Gasteiger partial charge in [-0.15, -0.1) is 0 Å². The Hall–Kier alpha value is -0.260. The van der Waals surface area contributed by atoms with E-state index >= 15 is 0 Å². The minimum atomic E-state index is 0.783. The van der Waals surface area contributed by atoms with Crippen molar-refractivity contribution in [3.05, 3.63) is 12.2 Å². The Morgan fingerprint density at radius 3 is 2.29 bits per heavy atom. The fourth-order valence-corrected chi connectivity index (χ4v) is 1.59. The van der Waals surface area contributed by atoms with E-state index < -0.39 is 0 Å². The molecule has 0 aromatic carbocycles. The number of allylic oxidation sites excluding steroid dienone is 2. The minimum absolute atomic E-state index is 0.783. The van der Waals surface area contributed by atoms with Crippen LogP contribution >= 0.6 is 0 Å². The van der Waals surface area contributed by atoms with Crippen LogP contribution in [0.1, 0.15) is 66.2 Å². The van der Waals surface area contributed by atoms with Crippen LogP contribution in [-0.4, -0.2) is 0 Å². The standard InChI is InChI=1S/C14H28/c1-5-6-7-8-11-14(4)12-9-10-13(2)3/h8,11,13-14H,5-7,9-10,12H2,1-4H3/b11-8-. The van der Waals surface area contributed by atoms with Gasteiger partial charge in [0.15, 0.2) is 0 Å². The van der Waals surface area contributed by atoms with Crippen LogP contribution in [0, 0.1) is 11.8 Å². The second kappa shape index (κ2) is 9.30. The predicted molar refractivity (Wildman–Crippen MR) is 66.5 cm³/mol. The van der Waals surface area contributed by atoms with E-state index in [1.54, 1.807) is 0 Å². The van der Waals surface area contributed by atoms with Gasteiger partial charge in [-0.1, -0.05) is 65.5 Å². The van der Waals surface area contributed by atoms with Gasteiger partial charge in [-0.25, -0.2) is 0 Å². The second-order valence-electron chi connectivity index (χ2n) is 4.87. The zero-order valence-electron chi connectivity index (χ0n) is 10.6. The third-order valence-corrected chi connectivity index (χ3v) is 2.63. The van der Waals surface area contributed by atoms with Gasteiger partial charge in [-0.05, 0) is 24.7 Å². The van der Waals surface area contributed by atoms with Gasteiger partial charge >= 0.3 is 0 Å². The quantitative estimate of drug-likeness (QED) is 0.370. The molecule has 0 aromatic rings. The van der Waals surface area contributed by atoms with Gasteiger partial charge < -0.3 is 0 Å². The Kier molecular flexibility index (Phi) is 9.13. The summed E-state index contributed by atoms with van der Waals surface area (Å²) in [4.78, 5) is 0. The van der Waals surface area contributed by atoms with E-state index in [0.29, 0.717) is 0 Å².